The number of hydroxylamine groups is 2. The molecule has 0 amide bonds. The molecule has 0 fully saturated rings. The van der Waals surface area contributed by atoms with Crippen molar-refractivity contribution < 1.29 is 9.63 Å². The molecule has 0 bridgehead atoms. The summed E-state index contributed by atoms with van der Waals surface area (Å²) >= 11 is 0. The van der Waals surface area contributed by atoms with Crippen LogP contribution in [0.2, 0.25) is 19.6 Å². The van der Waals surface area contributed by atoms with E-state index in [1.54, 1.807) is 0 Å². The summed E-state index contributed by atoms with van der Waals surface area (Å²) in [5, 5.41) is 12.0. The highest BCUT2D eigenvalue weighted by atomic mass is 28.4. The Morgan fingerprint density at radius 3 is 2.17 bits per heavy atom. The van der Waals surface area contributed by atoms with Crippen LogP contribution in [0.4, 0.5) is 0 Å². The van der Waals surface area contributed by atoms with E-state index in [2.05, 4.69) is 19.6 Å². The van der Waals surface area contributed by atoms with E-state index in [4.69, 9.17) is 4.43 Å². The van der Waals surface area contributed by atoms with Gasteiger partial charge in [-0.25, -0.2) is 0 Å². The molecule has 128 valence electrons. The molecule has 2 rings (SSSR count). The van der Waals surface area contributed by atoms with E-state index in [1.807, 2.05) is 72.8 Å². The second-order valence-corrected chi connectivity index (χ2v) is 11.3. The second-order valence-electron chi connectivity index (χ2n) is 6.79. The van der Waals surface area contributed by atoms with E-state index in [1.165, 1.54) is 5.06 Å². The SMILES string of the molecule is C[Si](C)(C)OC/C=C/C(c1ccccc1)N(O)Cc1ccccc1. The fourth-order valence-corrected chi connectivity index (χ4v) is 2.98. The maximum Gasteiger partial charge on any atom is 0.184 e. The molecule has 2 aromatic rings. The summed E-state index contributed by atoms with van der Waals surface area (Å²) in [5.41, 5.74) is 2.13. The van der Waals surface area contributed by atoms with Gasteiger partial charge in [0.2, 0.25) is 0 Å². The van der Waals surface area contributed by atoms with Gasteiger partial charge in [0.05, 0.1) is 12.6 Å². The fourth-order valence-electron chi connectivity index (χ4n) is 2.38. The fraction of sp³-hybridized carbons (Fsp3) is 0.300. The maximum atomic E-state index is 10.6. The molecule has 0 saturated carbocycles. The van der Waals surface area contributed by atoms with Crippen LogP contribution >= 0.6 is 0 Å². The third-order valence-electron chi connectivity index (χ3n) is 3.58. The lowest BCUT2D eigenvalue weighted by Gasteiger charge is -2.24. The quantitative estimate of drug-likeness (QED) is 0.415. The Morgan fingerprint density at radius 2 is 1.58 bits per heavy atom. The summed E-state index contributed by atoms with van der Waals surface area (Å²) in [7, 11) is -1.52. The van der Waals surface area contributed by atoms with E-state index in [-0.39, 0.29) is 6.04 Å². The summed E-state index contributed by atoms with van der Waals surface area (Å²) in [4.78, 5) is 0. The van der Waals surface area contributed by atoms with Gasteiger partial charge < -0.3 is 9.63 Å². The molecule has 0 aliphatic rings. The average Bonchev–Trinajstić information content (AvgIpc) is 2.55. The first-order chi connectivity index (χ1) is 11.5. The number of hydrogen-bond acceptors (Lipinski definition) is 3. The minimum absolute atomic E-state index is 0.198. The Hall–Kier alpha value is -1.72. The predicted octanol–water partition coefficient (Wildman–Crippen LogP) is 5.03. The Morgan fingerprint density at radius 1 is 1.00 bits per heavy atom. The van der Waals surface area contributed by atoms with E-state index >= 15 is 0 Å². The van der Waals surface area contributed by atoms with Crippen molar-refractivity contribution in [1.82, 2.24) is 5.06 Å². The molecule has 0 aliphatic heterocycles. The van der Waals surface area contributed by atoms with Crippen molar-refractivity contribution in [2.75, 3.05) is 6.61 Å². The van der Waals surface area contributed by atoms with Gasteiger partial charge in [-0.3, -0.25) is 0 Å². The lowest BCUT2D eigenvalue weighted by molar-refractivity contribution is -0.123. The monoisotopic (exact) mass is 341 g/mol. The lowest BCUT2D eigenvalue weighted by Crippen LogP contribution is -2.26. The van der Waals surface area contributed by atoms with Crippen molar-refractivity contribution in [3.05, 3.63) is 83.9 Å². The van der Waals surface area contributed by atoms with E-state index in [0.717, 1.165) is 11.1 Å². The Labute approximate surface area is 146 Å². The molecular weight excluding hydrogens is 314 g/mol. The molecule has 1 N–H and O–H groups in total. The molecule has 0 radical (unpaired) electrons. The maximum absolute atomic E-state index is 10.6. The molecule has 24 heavy (non-hydrogen) atoms. The molecule has 0 aliphatic carbocycles. The van der Waals surface area contributed by atoms with E-state index in [9.17, 15) is 5.21 Å². The third-order valence-corrected chi connectivity index (χ3v) is 4.61. The predicted molar refractivity (Wildman–Crippen MR) is 101 cm³/mol. The molecule has 0 heterocycles. The van der Waals surface area contributed by atoms with Gasteiger partial charge in [-0.1, -0.05) is 72.8 Å². The Kier molecular flexibility index (Phi) is 6.94. The molecule has 1 atom stereocenters. The van der Waals surface area contributed by atoms with Crippen molar-refractivity contribution in [2.45, 2.75) is 32.2 Å². The van der Waals surface area contributed by atoms with Crippen molar-refractivity contribution in [1.29, 1.82) is 0 Å². The number of hydrogen-bond donors (Lipinski definition) is 1. The van der Waals surface area contributed by atoms with Gasteiger partial charge in [0, 0.05) is 6.54 Å². The van der Waals surface area contributed by atoms with Crippen LogP contribution in [-0.4, -0.2) is 25.2 Å². The standard InChI is InChI=1S/C20H27NO2Si/c1-24(2,3)23-16-10-15-20(19-13-8-5-9-14-19)21(22)17-18-11-6-4-7-12-18/h4-15,20,22H,16-17H2,1-3H3/b15-10+. The first kappa shape index (κ1) is 18.6. The van der Waals surface area contributed by atoms with Gasteiger partial charge in [0.1, 0.15) is 0 Å². The minimum atomic E-state index is -1.52. The highest BCUT2D eigenvalue weighted by Gasteiger charge is 2.17. The van der Waals surface area contributed by atoms with Gasteiger partial charge >= 0.3 is 0 Å². The van der Waals surface area contributed by atoms with Crippen molar-refractivity contribution >= 4 is 8.32 Å². The zero-order valence-electron chi connectivity index (χ0n) is 14.7. The third kappa shape index (κ3) is 6.41. The van der Waals surface area contributed by atoms with Gasteiger partial charge in [0.25, 0.3) is 0 Å². The van der Waals surface area contributed by atoms with Crippen LogP contribution in [0.3, 0.4) is 0 Å². The largest absolute Gasteiger partial charge is 0.414 e. The Balaban J connectivity index is 2.09. The average molecular weight is 342 g/mol. The van der Waals surface area contributed by atoms with Crippen molar-refractivity contribution in [2.24, 2.45) is 0 Å². The molecule has 2 aromatic carbocycles. The smallest absolute Gasteiger partial charge is 0.184 e. The molecule has 0 spiro atoms. The number of rotatable bonds is 8. The van der Waals surface area contributed by atoms with Crippen molar-refractivity contribution in [3.8, 4) is 0 Å². The number of benzene rings is 2. The van der Waals surface area contributed by atoms with Gasteiger partial charge in [-0.2, -0.15) is 5.06 Å². The normalized spacial score (nSPS) is 13.5. The highest BCUT2D eigenvalue weighted by molar-refractivity contribution is 6.69. The zero-order valence-corrected chi connectivity index (χ0v) is 15.7. The molecule has 0 saturated heterocycles. The van der Waals surface area contributed by atoms with Crippen LogP contribution < -0.4 is 0 Å². The van der Waals surface area contributed by atoms with E-state index < -0.39 is 8.32 Å². The van der Waals surface area contributed by atoms with Crippen LogP contribution in [0.1, 0.15) is 17.2 Å². The first-order valence-electron chi connectivity index (χ1n) is 8.31. The summed E-state index contributed by atoms with van der Waals surface area (Å²) in [6.45, 7) is 7.56. The summed E-state index contributed by atoms with van der Waals surface area (Å²) in [6, 6.07) is 19.8. The first-order valence-corrected chi connectivity index (χ1v) is 11.7. The Bertz CT molecular complexity index is 623. The topological polar surface area (TPSA) is 32.7 Å². The zero-order chi connectivity index (χ0) is 17.4. The van der Waals surface area contributed by atoms with E-state index in [0.29, 0.717) is 13.2 Å². The van der Waals surface area contributed by atoms with Gasteiger partial charge in [-0.05, 0) is 30.8 Å². The molecule has 1 unspecified atom stereocenters. The van der Waals surface area contributed by atoms with Crippen LogP contribution in [0, 0.1) is 0 Å². The van der Waals surface area contributed by atoms with Crippen LogP contribution in [0.5, 0.6) is 0 Å². The second kappa shape index (κ2) is 8.94. The van der Waals surface area contributed by atoms with Gasteiger partial charge in [0.15, 0.2) is 8.32 Å². The van der Waals surface area contributed by atoms with Gasteiger partial charge in [-0.15, -0.1) is 0 Å². The lowest BCUT2D eigenvalue weighted by atomic mass is 10.1. The van der Waals surface area contributed by atoms with Crippen molar-refractivity contribution in [3.63, 3.8) is 0 Å². The van der Waals surface area contributed by atoms with Crippen LogP contribution in [0.15, 0.2) is 72.8 Å². The number of nitrogens with zero attached hydrogens (tertiary/aromatic N) is 1. The summed E-state index contributed by atoms with van der Waals surface area (Å²) in [6.07, 6.45) is 4.02. The van der Waals surface area contributed by atoms with Crippen LogP contribution in [0.25, 0.3) is 0 Å². The molecule has 4 heteroatoms. The summed E-state index contributed by atoms with van der Waals surface area (Å²) in [5.74, 6) is 0. The minimum Gasteiger partial charge on any atom is -0.414 e. The molecular formula is C20H27NO2Si. The highest BCUT2D eigenvalue weighted by Crippen LogP contribution is 2.22. The summed E-state index contributed by atoms with van der Waals surface area (Å²) < 4.78 is 5.87. The van der Waals surface area contributed by atoms with Crippen LogP contribution in [-0.2, 0) is 11.0 Å². The molecule has 0 aromatic heterocycles. The molecule has 3 nitrogen and oxygen atoms in total.